The molecule has 1 N–H and O–H groups in total. The maximum Gasteiger partial charge on any atom is 0.416 e. The van der Waals surface area contributed by atoms with Crippen LogP contribution in [0.1, 0.15) is 16.1 Å². The fraction of sp³-hybridized carbons (Fsp3) is 0.143. The van der Waals surface area contributed by atoms with E-state index in [1.54, 1.807) is 0 Å². The van der Waals surface area contributed by atoms with Gasteiger partial charge in [-0.05, 0) is 24.3 Å². The summed E-state index contributed by atoms with van der Waals surface area (Å²) in [6.45, 7) is 3.76. The molecule has 0 saturated carbocycles. The summed E-state index contributed by atoms with van der Waals surface area (Å²) in [5.74, 6) is -0.397. The van der Waals surface area contributed by atoms with Crippen LogP contribution < -0.4 is 5.32 Å². The third-order valence-electron chi connectivity index (χ3n) is 2.66. The molecule has 2 rings (SSSR count). The number of rotatable bonds is 3. The van der Waals surface area contributed by atoms with Gasteiger partial charge in [-0.25, -0.2) is 4.98 Å². The number of aromatic nitrogens is 1. The van der Waals surface area contributed by atoms with Crippen LogP contribution in [0.15, 0.2) is 43.0 Å². The average molecular weight is 280 g/mol. The summed E-state index contributed by atoms with van der Waals surface area (Å²) in [7, 11) is 0. The first-order chi connectivity index (χ1) is 9.41. The topological polar surface area (TPSA) is 42.0 Å². The Morgan fingerprint density at radius 1 is 1.30 bits per heavy atom. The third-order valence-corrected chi connectivity index (χ3v) is 2.66. The predicted octanol–water partition coefficient (Wildman–Crippen LogP) is 3.17. The highest BCUT2D eigenvalue weighted by molar-refractivity contribution is 5.95. The molecule has 0 unspecified atom stereocenters. The lowest BCUT2D eigenvalue weighted by Gasteiger charge is -2.08. The second kappa shape index (κ2) is 5.32. The lowest BCUT2D eigenvalue weighted by atomic mass is 10.1. The van der Waals surface area contributed by atoms with Gasteiger partial charge in [-0.2, -0.15) is 13.2 Å². The quantitative estimate of drug-likeness (QED) is 0.877. The maximum absolute atomic E-state index is 12.6. The molecule has 1 aromatic heterocycles. The summed E-state index contributed by atoms with van der Waals surface area (Å²) in [4.78, 5) is 15.7. The minimum atomic E-state index is -4.39. The van der Waals surface area contributed by atoms with Crippen LogP contribution >= 0.6 is 0 Å². The van der Waals surface area contributed by atoms with Gasteiger partial charge in [0.05, 0.1) is 11.1 Å². The van der Waals surface area contributed by atoms with Crippen LogP contribution in [0.5, 0.6) is 0 Å². The van der Waals surface area contributed by atoms with E-state index in [0.717, 1.165) is 12.1 Å². The number of hydrogen-bond acceptors (Lipinski definition) is 2. The highest BCUT2D eigenvalue weighted by Crippen LogP contribution is 2.31. The second-order valence-corrected chi connectivity index (χ2v) is 4.10. The van der Waals surface area contributed by atoms with E-state index < -0.39 is 17.6 Å². The molecule has 0 spiro atoms. The Hall–Kier alpha value is -2.37. The molecule has 1 heterocycles. The zero-order valence-electron chi connectivity index (χ0n) is 10.4. The van der Waals surface area contributed by atoms with E-state index in [-0.39, 0.29) is 5.69 Å². The minimum Gasteiger partial charge on any atom is -0.347 e. The Labute approximate surface area is 113 Å². The summed E-state index contributed by atoms with van der Waals surface area (Å²) in [6, 6.07) is 6.04. The Bertz CT molecular complexity index is 665. The first-order valence-electron chi connectivity index (χ1n) is 5.79. The van der Waals surface area contributed by atoms with Crippen LogP contribution in [0.4, 0.5) is 13.2 Å². The number of carbonyl (C=O) groups is 1. The molecule has 1 amide bonds. The van der Waals surface area contributed by atoms with Crippen molar-refractivity contribution in [3.05, 3.63) is 54.2 Å². The van der Waals surface area contributed by atoms with Gasteiger partial charge in [-0.15, -0.1) is 6.58 Å². The monoisotopic (exact) mass is 280 g/mol. The predicted molar refractivity (Wildman–Crippen MR) is 69.3 cm³/mol. The van der Waals surface area contributed by atoms with E-state index >= 15 is 0 Å². The van der Waals surface area contributed by atoms with Crippen LogP contribution in [0.25, 0.3) is 10.9 Å². The van der Waals surface area contributed by atoms with Gasteiger partial charge >= 0.3 is 6.18 Å². The Morgan fingerprint density at radius 2 is 2.05 bits per heavy atom. The number of pyridine rings is 1. The van der Waals surface area contributed by atoms with Crippen molar-refractivity contribution in [2.75, 3.05) is 6.54 Å². The van der Waals surface area contributed by atoms with Crippen molar-refractivity contribution in [2.24, 2.45) is 0 Å². The number of alkyl halides is 3. The van der Waals surface area contributed by atoms with Gasteiger partial charge in [0.25, 0.3) is 5.91 Å². The summed E-state index contributed by atoms with van der Waals surface area (Å²) >= 11 is 0. The number of nitrogens with one attached hydrogen (secondary N) is 1. The first-order valence-corrected chi connectivity index (χ1v) is 5.79. The molecule has 6 heteroatoms. The number of fused-ring (bicyclic) bond motifs is 1. The van der Waals surface area contributed by atoms with Crippen molar-refractivity contribution >= 4 is 16.8 Å². The van der Waals surface area contributed by atoms with Crippen molar-refractivity contribution in [3.8, 4) is 0 Å². The van der Waals surface area contributed by atoms with Crippen molar-refractivity contribution in [3.63, 3.8) is 0 Å². The molecule has 0 fully saturated rings. The summed E-state index contributed by atoms with van der Waals surface area (Å²) < 4.78 is 37.7. The molecule has 1 aromatic carbocycles. The van der Waals surface area contributed by atoms with E-state index in [2.05, 4.69) is 16.9 Å². The summed E-state index contributed by atoms with van der Waals surface area (Å²) in [5, 5.41) is 2.88. The van der Waals surface area contributed by atoms with E-state index in [4.69, 9.17) is 0 Å². The molecule has 0 radical (unpaired) electrons. The molecule has 3 nitrogen and oxygen atoms in total. The lowest BCUT2D eigenvalue weighted by Crippen LogP contribution is -2.24. The lowest BCUT2D eigenvalue weighted by molar-refractivity contribution is -0.137. The minimum absolute atomic E-state index is 0.152. The first kappa shape index (κ1) is 14.0. The SMILES string of the molecule is C=CCNC(=O)c1ccc2cc(C(F)(F)F)ccc2n1. The zero-order chi connectivity index (χ0) is 14.8. The van der Waals surface area contributed by atoms with Gasteiger partial charge in [-0.1, -0.05) is 12.1 Å². The summed E-state index contributed by atoms with van der Waals surface area (Å²) in [5.41, 5.74) is -0.251. The molecule has 0 bridgehead atoms. The van der Waals surface area contributed by atoms with Crippen molar-refractivity contribution in [1.82, 2.24) is 10.3 Å². The molecule has 0 aliphatic carbocycles. The Balaban J connectivity index is 2.36. The fourth-order valence-corrected chi connectivity index (χ4v) is 1.68. The maximum atomic E-state index is 12.6. The van der Waals surface area contributed by atoms with E-state index in [0.29, 0.717) is 17.4 Å². The number of carbonyl (C=O) groups excluding carboxylic acids is 1. The number of halogens is 3. The molecule has 0 atom stereocenters. The highest BCUT2D eigenvalue weighted by atomic mass is 19.4. The van der Waals surface area contributed by atoms with Crippen molar-refractivity contribution < 1.29 is 18.0 Å². The number of nitrogens with zero attached hydrogens (tertiary/aromatic N) is 1. The zero-order valence-corrected chi connectivity index (χ0v) is 10.4. The van der Waals surface area contributed by atoms with Crippen LogP contribution in [0.3, 0.4) is 0 Å². The van der Waals surface area contributed by atoms with Crippen LogP contribution in [-0.4, -0.2) is 17.4 Å². The molecule has 0 aliphatic rings. The molecule has 104 valence electrons. The highest BCUT2D eigenvalue weighted by Gasteiger charge is 2.30. The molecular formula is C14H11F3N2O. The molecule has 20 heavy (non-hydrogen) atoms. The van der Waals surface area contributed by atoms with Gasteiger partial charge in [0, 0.05) is 11.9 Å². The normalized spacial score (nSPS) is 11.3. The molecule has 2 aromatic rings. The Morgan fingerprint density at radius 3 is 2.70 bits per heavy atom. The van der Waals surface area contributed by atoms with Gasteiger partial charge in [-0.3, -0.25) is 4.79 Å². The average Bonchev–Trinajstić information content (AvgIpc) is 2.42. The summed E-state index contributed by atoms with van der Waals surface area (Å²) in [6.07, 6.45) is -2.87. The van der Waals surface area contributed by atoms with Crippen LogP contribution in [0, 0.1) is 0 Å². The largest absolute Gasteiger partial charge is 0.416 e. The smallest absolute Gasteiger partial charge is 0.347 e. The van der Waals surface area contributed by atoms with Gasteiger partial charge in [0.15, 0.2) is 0 Å². The van der Waals surface area contributed by atoms with E-state index in [9.17, 15) is 18.0 Å². The fourth-order valence-electron chi connectivity index (χ4n) is 1.68. The van der Waals surface area contributed by atoms with Crippen molar-refractivity contribution in [2.45, 2.75) is 6.18 Å². The molecule has 0 aliphatic heterocycles. The van der Waals surface area contributed by atoms with Gasteiger partial charge < -0.3 is 5.32 Å². The number of benzene rings is 1. The van der Waals surface area contributed by atoms with E-state index in [1.165, 1.54) is 24.3 Å². The third kappa shape index (κ3) is 2.96. The van der Waals surface area contributed by atoms with Crippen LogP contribution in [0.2, 0.25) is 0 Å². The van der Waals surface area contributed by atoms with Gasteiger partial charge in [0.2, 0.25) is 0 Å². The van der Waals surface area contributed by atoms with Crippen LogP contribution in [-0.2, 0) is 6.18 Å². The van der Waals surface area contributed by atoms with Crippen molar-refractivity contribution in [1.29, 1.82) is 0 Å². The Kier molecular flexibility index (Phi) is 3.74. The standard InChI is InChI=1S/C14H11F3N2O/c1-2-7-18-13(20)12-5-3-9-8-10(14(15,16)17)4-6-11(9)19-12/h2-6,8H,1,7H2,(H,18,20). The number of hydrogen-bond donors (Lipinski definition) is 1. The van der Waals surface area contributed by atoms with E-state index in [1.807, 2.05) is 0 Å². The molecule has 0 saturated heterocycles. The number of amides is 1. The molecular weight excluding hydrogens is 269 g/mol. The van der Waals surface area contributed by atoms with Gasteiger partial charge in [0.1, 0.15) is 5.69 Å². The second-order valence-electron chi connectivity index (χ2n) is 4.10.